The number of rotatable bonds is 6. The number of phenolic OH excluding ortho intramolecular Hbond substituents is 1. The molecular weight excluding hydrogens is 302 g/mol. The van der Waals surface area contributed by atoms with E-state index in [9.17, 15) is 28.4 Å². The van der Waals surface area contributed by atoms with E-state index in [4.69, 9.17) is 0 Å². The Hall–Kier alpha value is -2.20. The molecule has 0 bridgehead atoms. The highest BCUT2D eigenvalue weighted by molar-refractivity contribution is 7.89. The second-order valence-electron chi connectivity index (χ2n) is 4.15. The van der Waals surface area contributed by atoms with E-state index in [-0.39, 0.29) is 0 Å². The van der Waals surface area contributed by atoms with Crippen LogP contribution in [0.5, 0.6) is 5.75 Å². The second-order valence-corrected chi connectivity index (χ2v) is 5.86. The van der Waals surface area contributed by atoms with E-state index in [1.807, 2.05) is 0 Å². The van der Waals surface area contributed by atoms with E-state index in [1.165, 1.54) is 6.92 Å². The Morgan fingerprint density at radius 1 is 1.48 bits per heavy atom. The maximum Gasteiger partial charge on any atom is 0.312 e. The Morgan fingerprint density at radius 2 is 2.10 bits per heavy atom. The second kappa shape index (κ2) is 6.50. The molecule has 0 saturated carbocycles. The number of nitro groups is 1. The maximum atomic E-state index is 12.0. The van der Waals surface area contributed by atoms with Gasteiger partial charge in [-0.25, -0.2) is 8.42 Å². The van der Waals surface area contributed by atoms with Gasteiger partial charge >= 0.3 is 5.69 Å². The van der Waals surface area contributed by atoms with Crippen molar-refractivity contribution in [2.45, 2.75) is 24.8 Å². The first kappa shape index (κ1) is 16.9. The third kappa shape index (κ3) is 4.13. The van der Waals surface area contributed by atoms with Crippen LogP contribution in [0.25, 0.3) is 0 Å². The zero-order valence-electron chi connectivity index (χ0n) is 11.4. The van der Waals surface area contributed by atoms with Gasteiger partial charge in [0.2, 0.25) is 15.9 Å². The molecule has 3 N–H and O–H groups in total. The average molecular weight is 317 g/mol. The fraction of sp³-hybridized carbons (Fsp3) is 0.364. The highest BCUT2D eigenvalue weighted by atomic mass is 32.2. The number of phenols is 1. The topological polar surface area (TPSA) is 139 Å². The molecule has 0 aliphatic carbocycles. The van der Waals surface area contributed by atoms with E-state index in [0.717, 1.165) is 18.2 Å². The lowest BCUT2D eigenvalue weighted by atomic mass is 10.3. The Bertz CT molecular complexity index is 658. The smallest absolute Gasteiger partial charge is 0.312 e. The SMILES string of the molecule is CCNC(=O)C(C)NS(=O)(=O)c1ccc(O)c([N+](=O)[O-])c1. The van der Waals surface area contributed by atoms with Crippen molar-refractivity contribution < 1.29 is 23.2 Å². The van der Waals surface area contributed by atoms with Gasteiger partial charge in [0.15, 0.2) is 5.75 Å². The van der Waals surface area contributed by atoms with Crippen LogP contribution in [0.3, 0.4) is 0 Å². The molecule has 0 saturated heterocycles. The molecule has 0 heterocycles. The lowest BCUT2D eigenvalue weighted by Gasteiger charge is -2.13. The molecule has 0 fully saturated rings. The lowest BCUT2D eigenvalue weighted by molar-refractivity contribution is -0.386. The van der Waals surface area contributed by atoms with Crippen LogP contribution in [0, 0.1) is 10.1 Å². The molecule has 0 radical (unpaired) electrons. The van der Waals surface area contributed by atoms with Crippen molar-refractivity contribution in [3.8, 4) is 5.75 Å². The van der Waals surface area contributed by atoms with Crippen molar-refractivity contribution in [1.29, 1.82) is 0 Å². The number of hydrogen-bond donors (Lipinski definition) is 3. The molecule has 9 nitrogen and oxygen atoms in total. The van der Waals surface area contributed by atoms with E-state index in [0.29, 0.717) is 6.54 Å². The van der Waals surface area contributed by atoms with Gasteiger partial charge in [-0.3, -0.25) is 14.9 Å². The molecule has 1 unspecified atom stereocenters. The Balaban J connectivity index is 3.06. The fourth-order valence-electron chi connectivity index (χ4n) is 1.50. The molecule has 21 heavy (non-hydrogen) atoms. The van der Waals surface area contributed by atoms with Crippen LogP contribution in [-0.2, 0) is 14.8 Å². The number of nitrogens with zero attached hydrogens (tertiary/aromatic N) is 1. The Labute approximate surface area is 121 Å². The minimum Gasteiger partial charge on any atom is -0.502 e. The number of amides is 1. The van der Waals surface area contributed by atoms with Crippen LogP contribution in [0.15, 0.2) is 23.1 Å². The minimum absolute atomic E-state index is 0.343. The molecule has 1 atom stereocenters. The molecule has 0 spiro atoms. The number of carbonyl (C=O) groups is 1. The monoisotopic (exact) mass is 317 g/mol. The van der Waals surface area contributed by atoms with Gasteiger partial charge in [0.1, 0.15) is 0 Å². The van der Waals surface area contributed by atoms with Gasteiger partial charge in [0.05, 0.1) is 15.9 Å². The predicted octanol–water partition coefficient (Wildman–Crippen LogP) is 0.103. The Kier molecular flexibility index (Phi) is 5.22. The Morgan fingerprint density at radius 3 is 2.62 bits per heavy atom. The van der Waals surface area contributed by atoms with Crippen molar-refractivity contribution in [3.05, 3.63) is 28.3 Å². The van der Waals surface area contributed by atoms with Gasteiger partial charge in [0.25, 0.3) is 0 Å². The number of benzene rings is 1. The normalized spacial score (nSPS) is 12.7. The van der Waals surface area contributed by atoms with E-state index >= 15 is 0 Å². The zero-order chi connectivity index (χ0) is 16.2. The molecule has 10 heteroatoms. The number of nitro benzene ring substituents is 1. The summed E-state index contributed by atoms with van der Waals surface area (Å²) >= 11 is 0. The van der Waals surface area contributed by atoms with Crippen LogP contribution in [0.4, 0.5) is 5.69 Å². The highest BCUT2D eigenvalue weighted by Crippen LogP contribution is 2.28. The standard InChI is InChI=1S/C11H15N3O6S/c1-3-12-11(16)7(2)13-21(19,20)8-4-5-10(15)9(6-8)14(17)18/h4-7,13,15H,3H2,1-2H3,(H,12,16). The summed E-state index contributed by atoms with van der Waals surface area (Å²) < 4.78 is 26.2. The quantitative estimate of drug-likeness (QED) is 0.502. The van der Waals surface area contributed by atoms with Crippen LogP contribution >= 0.6 is 0 Å². The summed E-state index contributed by atoms with van der Waals surface area (Å²) in [5, 5.41) is 22.4. The largest absolute Gasteiger partial charge is 0.502 e. The molecule has 116 valence electrons. The summed E-state index contributed by atoms with van der Waals surface area (Å²) in [5.74, 6) is -1.16. The summed E-state index contributed by atoms with van der Waals surface area (Å²) in [6, 6.07) is 1.60. The van der Waals surface area contributed by atoms with E-state index in [1.54, 1.807) is 6.92 Å². The van der Waals surface area contributed by atoms with E-state index in [2.05, 4.69) is 10.0 Å². The van der Waals surface area contributed by atoms with Gasteiger partial charge in [-0.05, 0) is 26.0 Å². The molecule has 0 aromatic heterocycles. The first-order chi connectivity index (χ1) is 9.69. The molecule has 1 aromatic rings. The van der Waals surface area contributed by atoms with Gasteiger partial charge in [0, 0.05) is 12.6 Å². The van der Waals surface area contributed by atoms with Crippen molar-refractivity contribution in [1.82, 2.24) is 10.0 Å². The predicted molar refractivity (Wildman–Crippen MR) is 73.2 cm³/mol. The van der Waals surface area contributed by atoms with Crippen molar-refractivity contribution >= 4 is 21.6 Å². The third-order valence-electron chi connectivity index (χ3n) is 2.53. The van der Waals surface area contributed by atoms with Gasteiger partial charge in [-0.2, -0.15) is 4.72 Å². The molecule has 0 aliphatic heterocycles. The number of nitrogens with one attached hydrogen (secondary N) is 2. The summed E-state index contributed by atoms with van der Waals surface area (Å²) in [6.45, 7) is 3.37. The molecule has 1 amide bonds. The summed E-state index contributed by atoms with van der Waals surface area (Å²) in [5.41, 5.74) is -0.733. The lowest BCUT2D eigenvalue weighted by Crippen LogP contribution is -2.44. The molecule has 1 rings (SSSR count). The number of aromatic hydroxyl groups is 1. The van der Waals surface area contributed by atoms with Crippen molar-refractivity contribution in [2.24, 2.45) is 0 Å². The van der Waals surface area contributed by atoms with E-state index < -0.39 is 43.2 Å². The van der Waals surface area contributed by atoms with Gasteiger partial charge < -0.3 is 10.4 Å². The first-order valence-corrected chi connectivity index (χ1v) is 7.44. The van der Waals surface area contributed by atoms with Gasteiger partial charge in [-0.15, -0.1) is 0 Å². The summed E-state index contributed by atoms with van der Waals surface area (Å²) in [4.78, 5) is 20.9. The number of sulfonamides is 1. The fourth-order valence-corrected chi connectivity index (χ4v) is 2.72. The molecule has 0 aliphatic rings. The van der Waals surface area contributed by atoms with Crippen molar-refractivity contribution in [2.75, 3.05) is 6.54 Å². The minimum atomic E-state index is -4.12. The summed E-state index contributed by atoms with van der Waals surface area (Å²) in [7, 11) is -4.12. The van der Waals surface area contributed by atoms with Crippen LogP contribution in [-0.4, -0.2) is 36.9 Å². The van der Waals surface area contributed by atoms with Crippen LogP contribution < -0.4 is 10.0 Å². The first-order valence-electron chi connectivity index (χ1n) is 5.96. The van der Waals surface area contributed by atoms with Gasteiger partial charge in [-0.1, -0.05) is 0 Å². The zero-order valence-corrected chi connectivity index (χ0v) is 12.2. The number of carbonyl (C=O) groups excluding carboxylic acids is 1. The summed E-state index contributed by atoms with van der Waals surface area (Å²) in [6.07, 6.45) is 0. The number of hydrogen-bond acceptors (Lipinski definition) is 6. The average Bonchev–Trinajstić information content (AvgIpc) is 2.38. The number of likely N-dealkylation sites (N-methyl/N-ethyl adjacent to an activating group) is 1. The van der Waals surface area contributed by atoms with Crippen LogP contribution in [0.2, 0.25) is 0 Å². The molecule has 1 aromatic carbocycles. The van der Waals surface area contributed by atoms with Crippen LogP contribution in [0.1, 0.15) is 13.8 Å². The third-order valence-corrected chi connectivity index (χ3v) is 4.07. The molecular formula is C11H15N3O6S. The highest BCUT2D eigenvalue weighted by Gasteiger charge is 2.24. The maximum absolute atomic E-state index is 12.0. The van der Waals surface area contributed by atoms with Crippen molar-refractivity contribution in [3.63, 3.8) is 0 Å².